The summed E-state index contributed by atoms with van der Waals surface area (Å²) in [6, 6.07) is 0. The van der Waals surface area contributed by atoms with Gasteiger partial charge in [0.25, 0.3) is 0 Å². The third-order valence-electron chi connectivity index (χ3n) is 3.48. The molecule has 1 N–H and O–H groups in total. The van der Waals surface area contributed by atoms with Gasteiger partial charge in [0.15, 0.2) is 5.82 Å². The standard InChI is InChI=1S/C12H24N6/c1-3-8-18-12(14-15-16-18)10-17(2)9-11-4-6-13-7-5-11/h11,13H,3-10H2,1-2H3. The van der Waals surface area contributed by atoms with Crippen LogP contribution in [0.3, 0.4) is 0 Å². The van der Waals surface area contributed by atoms with E-state index >= 15 is 0 Å². The number of aromatic nitrogens is 4. The molecule has 1 aliphatic rings. The highest BCUT2D eigenvalue weighted by molar-refractivity contribution is 4.81. The van der Waals surface area contributed by atoms with Crippen LogP contribution in [0.25, 0.3) is 0 Å². The van der Waals surface area contributed by atoms with Crippen LogP contribution in [0, 0.1) is 5.92 Å². The summed E-state index contributed by atoms with van der Waals surface area (Å²) in [6.07, 6.45) is 3.63. The zero-order valence-corrected chi connectivity index (χ0v) is 11.5. The summed E-state index contributed by atoms with van der Waals surface area (Å²) in [7, 11) is 2.16. The van der Waals surface area contributed by atoms with Gasteiger partial charge in [0.05, 0.1) is 6.54 Å². The molecule has 0 aromatic carbocycles. The lowest BCUT2D eigenvalue weighted by molar-refractivity contribution is 0.227. The Morgan fingerprint density at radius 2 is 2.17 bits per heavy atom. The molecule has 1 aromatic rings. The van der Waals surface area contributed by atoms with E-state index in [1.807, 2.05) is 4.68 Å². The second-order valence-electron chi connectivity index (χ2n) is 5.21. The molecule has 1 aromatic heterocycles. The van der Waals surface area contributed by atoms with E-state index in [4.69, 9.17) is 0 Å². The first-order chi connectivity index (χ1) is 8.79. The zero-order chi connectivity index (χ0) is 12.8. The summed E-state index contributed by atoms with van der Waals surface area (Å²) in [5, 5.41) is 15.3. The maximum Gasteiger partial charge on any atom is 0.165 e. The summed E-state index contributed by atoms with van der Waals surface area (Å²) in [5.41, 5.74) is 0. The number of rotatable bonds is 6. The highest BCUT2D eigenvalue weighted by Gasteiger charge is 2.16. The molecule has 1 fully saturated rings. The first-order valence-electron chi connectivity index (χ1n) is 6.94. The van der Waals surface area contributed by atoms with Crippen LogP contribution in [0.15, 0.2) is 0 Å². The van der Waals surface area contributed by atoms with E-state index in [0.717, 1.165) is 50.9 Å². The van der Waals surface area contributed by atoms with E-state index in [2.05, 4.69) is 39.7 Å². The minimum absolute atomic E-state index is 0.812. The average Bonchev–Trinajstić information content (AvgIpc) is 2.78. The number of aryl methyl sites for hydroxylation is 1. The number of hydrogen-bond acceptors (Lipinski definition) is 5. The molecule has 1 saturated heterocycles. The maximum absolute atomic E-state index is 4.12. The Kier molecular flexibility index (Phi) is 5.07. The summed E-state index contributed by atoms with van der Waals surface area (Å²) in [5.74, 6) is 1.79. The number of piperidine rings is 1. The summed E-state index contributed by atoms with van der Waals surface area (Å²) >= 11 is 0. The van der Waals surface area contributed by atoms with Crippen LogP contribution in [0.2, 0.25) is 0 Å². The molecule has 0 atom stereocenters. The van der Waals surface area contributed by atoms with E-state index < -0.39 is 0 Å². The van der Waals surface area contributed by atoms with Gasteiger partial charge in [-0.05, 0) is 55.7 Å². The maximum atomic E-state index is 4.12. The van der Waals surface area contributed by atoms with Crippen molar-refractivity contribution >= 4 is 0 Å². The van der Waals surface area contributed by atoms with Crippen LogP contribution in [0.1, 0.15) is 32.0 Å². The van der Waals surface area contributed by atoms with Crippen molar-refractivity contribution in [3.8, 4) is 0 Å². The van der Waals surface area contributed by atoms with Gasteiger partial charge in [-0.1, -0.05) is 6.92 Å². The molecular weight excluding hydrogens is 228 g/mol. The van der Waals surface area contributed by atoms with E-state index in [1.54, 1.807) is 0 Å². The number of hydrogen-bond donors (Lipinski definition) is 1. The minimum atomic E-state index is 0.812. The SMILES string of the molecule is CCCn1nnnc1CN(C)CC1CCNCC1. The van der Waals surface area contributed by atoms with Crippen LogP contribution in [0.4, 0.5) is 0 Å². The van der Waals surface area contributed by atoms with Gasteiger partial charge in [0.2, 0.25) is 0 Å². The smallest absolute Gasteiger partial charge is 0.165 e. The number of nitrogens with zero attached hydrogens (tertiary/aromatic N) is 5. The zero-order valence-electron chi connectivity index (χ0n) is 11.5. The van der Waals surface area contributed by atoms with Crippen molar-refractivity contribution in [1.82, 2.24) is 30.4 Å². The monoisotopic (exact) mass is 252 g/mol. The van der Waals surface area contributed by atoms with Crippen molar-refractivity contribution in [3.63, 3.8) is 0 Å². The largest absolute Gasteiger partial charge is 0.317 e. The van der Waals surface area contributed by atoms with Crippen molar-refractivity contribution in [1.29, 1.82) is 0 Å². The summed E-state index contributed by atoms with van der Waals surface area (Å²) in [4.78, 5) is 2.34. The Bertz CT molecular complexity index is 344. The molecule has 0 aliphatic carbocycles. The molecule has 2 rings (SSSR count). The normalized spacial score (nSPS) is 17.5. The Morgan fingerprint density at radius 3 is 2.89 bits per heavy atom. The second kappa shape index (κ2) is 6.80. The van der Waals surface area contributed by atoms with Gasteiger partial charge in [-0.2, -0.15) is 0 Å². The number of tetrazole rings is 1. The van der Waals surface area contributed by atoms with Gasteiger partial charge in [0.1, 0.15) is 0 Å². The first kappa shape index (κ1) is 13.4. The second-order valence-corrected chi connectivity index (χ2v) is 5.21. The van der Waals surface area contributed by atoms with Crippen LogP contribution in [-0.4, -0.2) is 51.8 Å². The molecule has 0 amide bonds. The summed E-state index contributed by atoms with van der Waals surface area (Å²) < 4.78 is 1.92. The Balaban J connectivity index is 1.82. The van der Waals surface area contributed by atoms with Crippen LogP contribution < -0.4 is 5.32 Å². The molecule has 0 radical (unpaired) electrons. The molecule has 0 unspecified atom stereocenters. The minimum Gasteiger partial charge on any atom is -0.317 e. The molecule has 6 heteroatoms. The highest BCUT2D eigenvalue weighted by Crippen LogP contribution is 2.13. The Hall–Kier alpha value is -1.01. The molecule has 102 valence electrons. The lowest BCUT2D eigenvalue weighted by Crippen LogP contribution is -2.34. The van der Waals surface area contributed by atoms with Gasteiger partial charge in [-0.15, -0.1) is 5.10 Å². The fraction of sp³-hybridized carbons (Fsp3) is 0.917. The first-order valence-corrected chi connectivity index (χ1v) is 6.94. The van der Waals surface area contributed by atoms with Crippen molar-refractivity contribution in [2.75, 3.05) is 26.7 Å². The topological polar surface area (TPSA) is 58.9 Å². The van der Waals surface area contributed by atoms with Gasteiger partial charge >= 0.3 is 0 Å². The quantitative estimate of drug-likeness (QED) is 0.799. The van der Waals surface area contributed by atoms with Gasteiger partial charge in [-0.25, -0.2) is 4.68 Å². The van der Waals surface area contributed by atoms with Crippen molar-refractivity contribution in [3.05, 3.63) is 5.82 Å². The lowest BCUT2D eigenvalue weighted by Gasteiger charge is -2.27. The van der Waals surface area contributed by atoms with Gasteiger partial charge < -0.3 is 5.32 Å². The van der Waals surface area contributed by atoms with Crippen molar-refractivity contribution in [2.24, 2.45) is 5.92 Å². The van der Waals surface area contributed by atoms with Crippen LogP contribution in [0.5, 0.6) is 0 Å². The molecule has 0 saturated carbocycles. The molecule has 0 bridgehead atoms. The van der Waals surface area contributed by atoms with E-state index in [0.29, 0.717) is 0 Å². The lowest BCUT2D eigenvalue weighted by atomic mass is 9.98. The Morgan fingerprint density at radius 1 is 1.39 bits per heavy atom. The van der Waals surface area contributed by atoms with E-state index in [9.17, 15) is 0 Å². The molecule has 18 heavy (non-hydrogen) atoms. The summed E-state index contributed by atoms with van der Waals surface area (Å²) in [6.45, 7) is 7.35. The van der Waals surface area contributed by atoms with Crippen LogP contribution >= 0.6 is 0 Å². The Labute approximate surface area is 109 Å². The predicted octanol–water partition coefficient (Wildman–Crippen LogP) is 0.515. The van der Waals surface area contributed by atoms with Gasteiger partial charge in [-0.3, -0.25) is 4.90 Å². The molecule has 1 aliphatic heterocycles. The van der Waals surface area contributed by atoms with Gasteiger partial charge in [0, 0.05) is 13.1 Å². The molecule has 2 heterocycles. The average molecular weight is 252 g/mol. The fourth-order valence-electron chi connectivity index (χ4n) is 2.53. The van der Waals surface area contributed by atoms with Crippen molar-refractivity contribution < 1.29 is 0 Å². The molecule has 6 nitrogen and oxygen atoms in total. The third-order valence-corrected chi connectivity index (χ3v) is 3.48. The highest BCUT2D eigenvalue weighted by atomic mass is 15.5. The molecule has 0 spiro atoms. The van der Waals surface area contributed by atoms with E-state index in [1.165, 1.54) is 12.8 Å². The fourth-order valence-corrected chi connectivity index (χ4v) is 2.53. The molecular formula is C12H24N6. The van der Waals surface area contributed by atoms with Crippen molar-refractivity contribution in [2.45, 2.75) is 39.3 Å². The number of nitrogens with one attached hydrogen (secondary N) is 1. The van der Waals surface area contributed by atoms with E-state index in [-0.39, 0.29) is 0 Å². The third kappa shape index (κ3) is 3.74. The van der Waals surface area contributed by atoms with Crippen LogP contribution in [-0.2, 0) is 13.1 Å². The predicted molar refractivity (Wildman–Crippen MR) is 70.0 cm³/mol.